The fourth-order valence-electron chi connectivity index (χ4n) is 1.65. The predicted molar refractivity (Wildman–Crippen MR) is 84.6 cm³/mol. The molecule has 0 bridgehead atoms. The minimum atomic E-state index is 0.493. The lowest BCUT2D eigenvalue weighted by atomic mass is 10.2. The standard InChI is InChI=1S/C15H11Br2NO2/c1-19-12-4-11(9-18)5-13(7-12)20-15-3-2-10(8-16)6-14(15)17/h2-7H,8H2,1H3. The van der Waals surface area contributed by atoms with E-state index in [4.69, 9.17) is 14.7 Å². The number of alkyl halides is 1. The summed E-state index contributed by atoms with van der Waals surface area (Å²) < 4.78 is 11.8. The summed E-state index contributed by atoms with van der Waals surface area (Å²) in [5.41, 5.74) is 1.64. The molecule has 0 aromatic heterocycles. The average molecular weight is 397 g/mol. The van der Waals surface area contributed by atoms with Gasteiger partial charge in [-0.05, 0) is 45.8 Å². The van der Waals surface area contributed by atoms with Crippen molar-refractivity contribution in [2.45, 2.75) is 5.33 Å². The van der Waals surface area contributed by atoms with E-state index in [0.717, 1.165) is 15.4 Å². The van der Waals surface area contributed by atoms with Gasteiger partial charge in [0.25, 0.3) is 0 Å². The van der Waals surface area contributed by atoms with Crippen LogP contribution in [0.25, 0.3) is 0 Å². The Bertz CT molecular complexity index is 665. The summed E-state index contributed by atoms with van der Waals surface area (Å²) in [5, 5.41) is 9.78. The molecule has 0 aliphatic carbocycles. The van der Waals surface area contributed by atoms with Gasteiger partial charge >= 0.3 is 0 Å². The summed E-state index contributed by atoms with van der Waals surface area (Å²) in [4.78, 5) is 0. The third-order valence-corrected chi connectivity index (χ3v) is 3.89. The van der Waals surface area contributed by atoms with Gasteiger partial charge in [-0.15, -0.1) is 0 Å². The largest absolute Gasteiger partial charge is 0.497 e. The van der Waals surface area contributed by atoms with Crippen molar-refractivity contribution in [2.75, 3.05) is 7.11 Å². The second-order valence-corrected chi connectivity index (χ2v) is 5.42. The van der Waals surface area contributed by atoms with Crippen molar-refractivity contribution < 1.29 is 9.47 Å². The molecule has 0 spiro atoms. The molecule has 20 heavy (non-hydrogen) atoms. The Morgan fingerprint density at radius 2 is 1.90 bits per heavy atom. The first-order chi connectivity index (χ1) is 9.66. The summed E-state index contributed by atoms with van der Waals surface area (Å²) in [6, 6.07) is 13.0. The highest BCUT2D eigenvalue weighted by atomic mass is 79.9. The van der Waals surface area contributed by atoms with E-state index >= 15 is 0 Å². The van der Waals surface area contributed by atoms with Gasteiger partial charge in [-0.25, -0.2) is 0 Å². The van der Waals surface area contributed by atoms with Crippen LogP contribution in [0, 0.1) is 11.3 Å². The Morgan fingerprint density at radius 3 is 2.50 bits per heavy atom. The van der Waals surface area contributed by atoms with E-state index in [9.17, 15) is 0 Å². The van der Waals surface area contributed by atoms with Crippen LogP contribution in [-0.2, 0) is 5.33 Å². The Hall–Kier alpha value is -1.51. The molecule has 0 aliphatic rings. The summed E-state index contributed by atoms with van der Waals surface area (Å²) >= 11 is 6.88. The van der Waals surface area contributed by atoms with Crippen molar-refractivity contribution in [3.8, 4) is 23.3 Å². The van der Waals surface area contributed by atoms with Gasteiger partial charge in [0.1, 0.15) is 17.2 Å². The molecule has 0 aliphatic heterocycles. The van der Waals surface area contributed by atoms with Crippen molar-refractivity contribution in [3.05, 3.63) is 52.0 Å². The molecule has 2 aromatic carbocycles. The van der Waals surface area contributed by atoms with Gasteiger partial charge in [-0.2, -0.15) is 5.26 Å². The molecular formula is C15H11Br2NO2. The van der Waals surface area contributed by atoms with E-state index in [0.29, 0.717) is 22.8 Å². The van der Waals surface area contributed by atoms with Crippen molar-refractivity contribution in [1.29, 1.82) is 5.26 Å². The number of rotatable bonds is 4. The van der Waals surface area contributed by atoms with Crippen molar-refractivity contribution >= 4 is 31.9 Å². The van der Waals surface area contributed by atoms with E-state index in [1.807, 2.05) is 18.2 Å². The molecule has 5 heteroatoms. The third kappa shape index (κ3) is 3.53. The zero-order valence-corrected chi connectivity index (χ0v) is 13.9. The van der Waals surface area contributed by atoms with Crippen LogP contribution >= 0.6 is 31.9 Å². The number of hydrogen-bond donors (Lipinski definition) is 0. The normalized spacial score (nSPS) is 9.90. The highest BCUT2D eigenvalue weighted by Gasteiger charge is 2.07. The van der Waals surface area contributed by atoms with Crippen LogP contribution in [0.3, 0.4) is 0 Å². The quantitative estimate of drug-likeness (QED) is 0.681. The molecule has 0 amide bonds. The number of nitriles is 1. The number of ether oxygens (including phenoxy) is 2. The highest BCUT2D eigenvalue weighted by molar-refractivity contribution is 9.10. The molecule has 0 heterocycles. The van der Waals surface area contributed by atoms with Gasteiger partial charge in [0.15, 0.2) is 0 Å². The first-order valence-corrected chi connectivity index (χ1v) is 7.69. The average Bonchev–Trinajstić information content (AvgIpc) is 2.48. The van der Waals surface area contributed by atoms with E-state index in [2.05, 4.69) is 37.9 Å². The fraction of sp³-hybridized carbons (Fsp3) is 0.133. The Morgan fingerprint density at radius 1 is 1.15 bits per heavy atom. The van der Waals surface area contributed by atoms with Crippen molar-refractivity contribution in [1.82, 2.24) is 0 Å². The predicted octanol–water partition coefficient (Wildman–Crippen LogP) is 5.02. The van der Waals surface area contributed by atoms with Gasteiger partial charge in [-0.1, -0.05) is 22.0 Å². The second kappa shape index (κ2) is 6.78. The second-order valence-electron chi connectivity index (χ2n) is 4.01. The van der Waals surface area contributed by atoms with Crippen LogP contribution in [0.1, 0.15) is 11.1 Å². The van der Waals surface area contributed by atoms with Crippen LogP contribution in [0.5, 0.6) is 17.2 Å². The van der Waals surface area contributed by atoms with E-state index < -0.39 is 0 Å². The van der Waals surface area contributed by atoms with Crippen LogP contribution in [0.15, 0.2) is 40.9 Å². The molecule has 2 aromatic rings. The van der Waals surface area contributed by atoms with Crippen LogP contribution in [0.2, 0.25) is 0 Å². The summed E-state index contributed by atoms with van der Waals surface area (Å²) in [5.74, 6) is 1.84. The highest BCUT2D eigenvalue weighted by Crippen LogP contribution is 2.33. The lowest BCUT2D eigenvalue weighted by molar-refractivity contribution is 0.408. The van der Waals surface area contributed by atoms with E-state index in [1.54, 1.807) is 25.3 Å². The molecule has 0 N–H and O–H groups in total. The van der Waals surface area contributed by atoms with Gasteiger partial charge < -0.3 is 9.47 Å². The molecule has 2 rings (SSSR count). The van der Waals surface area contributed by atoms with E-state index in [-0.39, 0.29) is 0 Å². The van der Waals surface area contributed by atoms with E-state index in [1.165, 1.54) is 0 Å². The van der Waals surface area contributed by atoms with Crippen molar-refractivity contribution in [2.24, 2.45) is 0 Å². The first kappa shape index (κ1) is 14.9. The van der Waals surface area contributed by atoms with Crippen LogP contribution in [-0.4, -0.2) is 7.11 Å². The molecule has 0 radical (unpaired) electrons. The summed E-state index contributed by atoms with van der Waals surface area (Å²) in [7, 11) is 1.56. The maximum Gasteiger partial charge on any atom is 0.141 e. The molecule has 102 valence electrons. The molecule has 0 atom stereocenters. The molecule has 3 nitrogen and oxygen atoms in total. The third-order valence-electron chi connectivity index (χ3n) is 2.62. The topological polar surface area (TPSA) is 42.2 Å². The minimum absolute atomic E-state index is 0.493. The molecular weight excluding hydrogens is 386 g/mol. The summed E-state index contributed by atoms with van der Waals surface area (Å²) in [6.07, 6.45) is 0. The minimum Gasteiger partial charge on any atom is -0.497 e. The number of hydrogen-bond acceptors (Lipinski definition) is 3. The Kier molecular flexibility index (Phi) is 5.05. The van der Waals surface area contributed by atoms with Gasteiger partial charge in [-0.3, -0.25) is 0 Å². The number of benzene rings is 2. The van der Waals surface area contributed by atoms with Gasteiger partial charge in [0.2, 0.25) is 0 Å². The number of methoxy groups -OCH3 is 1. The Labute approximate surface area is 134 Å². The maximum absolute atomic E-state index is 9.00. The van der Waals surface area contributed by atoms with Gasteiger partial charge in [0.05, 0.1) is 23.2 Å². The summed E-state index contributed by atoms with van der Waals surface area (Å²) in [6.45, 7) is 0. The molecule has 0 saturated carbocycles. The molecule has 0 saturated heterocycles. The molecule has 0 fully saturated rings. The van der Waals surface area contributed by atoms with Crippen LogP contribution in [0.4, 0.5) is 0 Å². The monoisotopic (exact) mass is 395 g/mol. The lowest BCUT2D eigenvalue weighted by Crippen LogP contribution is -1.90. The Balaban J connectivity index is 2.32. The van der Waals surface area contributed by atoms with Crippen LogP contribution < -0.4 is 9.47 Å². The maximum atomic E-state index is 9.00. The first-order valence-electron chi connectivity index (χ1n) is 5.77. The smallest absolute Gasteiger partial charge is 0.141 e. The number of halogens is 2. The van der Waals surface area contributed by atoms with Gasteiger partial charge in [0, 0.05) is 11.4 Å². The lowest BCUT2D eigenvalue weighted by Gasteiger charge is -2.10. The zero-order valence-electron chi connectivity index (χ0n) is 10.7. The molecule has 0 unspecified atom stereocenters. The fourth-order valence-corrected chi connectivity index (χ4v) is 2.51. The van der Waals surface area contributed by atoms with Crippen molar-refractivity contribution in [3.63, 3.8) is 0 Å². The SMILES string of the molecule is COc1cc(C#N)cc(Oc2ccc(CBr)cc2Br)c1. The number of nitrogens with zero attached hydrogens (tertiary/aromatic N) is 1. The zero-order chi connectivity index (χ0) is 14.5.